The first kappa shape index (κ1) is 42.2. The lowest BCUT2D eigenvalue weighted by Crippen LogP contribution is -2.58. The minimum absolute atomic E-state index is 0.0325. The summed E-state index contributed by atoms with van der Waals surface area (Å²) in [6, 6.07) is 0. The van der Waals surface area contributed by atoms with Gasteiger partial charge in [-0.1, -0.05) is 32.9 Å². The Labute approximate surface area is 257 Å². The number of ether oxygens (including phenoxy) is 4. The number of aliphatic hydroxyl groups excluding tert-OH is 4. The summed E-state index contributed by atoms with van der Waals surface area (Å²) in [5.74, 6) is -1.80. The van der Waals surface area contributed by atoms with E-state index in [1.165, 1.54) is 0 Å². The van der Waals surface area contributed by atoms with E-state index in [4.69, 9.17) is 14.9 Å². The molecule has 0 bridgehead atoms. The van der Waals surface area contributed by atoms with E-state index < -0.39 is 48.6 Å². The van der Waals surface area contributed by atoms with Gasteiger partial charge in [-0.2, -0.15) is 0 Å². The molecule has 5 atom stereocenters. The Kier molecular flexibility index (Phi) is 21.6. The number of aliphatic hydroxyl groups is 4. The zero-order valence-corrected chi connectivity index (χ0v) is 25.7. The van der Waals surface area contributed by atoms with Crippen molar-refractivity contribution in [3.8, 4) is 0 Å². The van der Waals surface area contributed by atoms with E-state index in [-0.39, 0.29) is 31.5 Å². The van der Waals surface area contributed by atoms with Gasteiger partial charge in [-0.25, -0.2) is 14.4 Å². The summed E-state index contributed by atoms with van der Waals surface area (Å²) < 4.78 is 18.7. The average Bonchev–Trinajstić information content (AvgIpc) is 2.97. The lowest BCUT2D eigenvalue weighted by molar-refractivity contribution is -0.287. The molecule has 1 aliphatic heterocycles. The molecule has 5 N–H and O–H groups in total. The zero-order chi connectivity index (χ0) is 34.6. The Morgan fingerprint density at radius 1 is 0.750 bits per heavy atom. The molecule has 248 valence electrons. The number of amides is 1. The molecule has 44 heavy (non-hydrogen) atoms. The van der Waals surface area contributed by atoms with E-state index in [1.807, 2.05) is 0 Å². The van der Waals surface area contributed by atoms with E-state index in [1.54, 1.807) is 27.7 Å². The lowest BCUT2D eigenvalue weighted by Gasteiger charge is -2.37. The van der Waals surface area contributed by atoms with Crippen molar-refractivity contribution in [1.29, 1.82) is 0 Å². The quantitative estimate of drug-likeness (QED) is 0.0761. The molecule has 0 radical (unpaired) electrons. The monoisotopic (exact) mass is 627 g/mol. The molecule has 0 aliphatic carbocycles. The molecule has 1 fully saturated rings. The van der Waals surface area contributed by atoms with Crippen molar-refractivity contribution in [2.24, 2.45) is 0 Å². The third kappa shape index (κ3) is 18.6. The summed E-state index contributed by atoms with van der Waals surface area (Å²) in [6.45, 7) is 23.7. The van der Waals surface area contributed by atoms with Crippen LogP contribution in [0, 0.1) is 0 Å². The Morgan fingerprint density at radius 3 is 1.66 bits per heavy atom. The summed E-state index contributed by atoms with van der Waals surface area (Å²) >= 11 is 0. The number of carbonyl (C=O) groups excluding carboxylic acids is 5. The van der Waals surface area contributed by atoms with Gasteiger partial charge in [0.05, 0.1) is 0 Å². The molecular formula is C30H45NO13. The molecule has 0 spiro atoms. The second-order valence-corrected chi connectivity index (χ2v) is 9.55. The molecule has 0 aromatic carbocycles. The van der Waals surface area contributed by atoms with Crippen LogP contribution in [-0.2, 0) is 42.9 Å². The molecule has 14 heteroatoms. The van der Waals surface area contributed by atoms with Gasteiger partial charge in [0.1, 0.15) is 44.2 Å². The van der Waals surface area contributed by atoms with Gasteiger partial charge in [0.15, 0.2) is 12.1 Å². The second kappa shape index (κ2) is 22.6. The first-order chi connectivity index (χ1) is 20.4. The summed E-state index contributed by atoms with van der Waals surface area (Å²) in [4.78, 5) is 54.5. The minimum atomic E-state index is -1.63. The van der Waals surface area contributed by atoms with Crippen molar-refractivity contribution in [2.45, 2.75) is 71.2 Å². The van der Waals surface area contributed by atoms with Crippen LogP contribution in [0.25, 0.3) is 0 Å². The van der Waals surface area contributed by atoms with Crippen molar-refractivity contribution in [1.82, 2.24) is 5.32 Å². The molecule has 2 unspecified atom stereocenters. The number of Topliss-reactive ketones (excluding diaryl/α,β-unsaturated/α-hetero) is 1. The Bertz CT molecular complexity index is 953. The average molecular weight is 628 g/mol. The Morgan fingerprint density at radius 2 is 1.25 bits per heavy atom. The summed E-state index contributed by atoms with van der Waals surface area (Å²) in [5, 5.41) is 39.7. The fourth-order valence-electron chi connectivity index (χ4n) is 2.62. The number of nitrogens with one attached hydrogen (secondary N) is 1. The summed E-state index contributed by atoms with van der Waals surface area (Å²) in [6.07, 6.45) is -5.33. The first-order valence-electron chi connectivity index (χ1n) is 13.3. The van der Waals surface area contributed by atoms with Crippen LogP contribution in [-0.4, -0.2) is 107 Å². The van der Waals surface area contributed by atoms with Crippen LogP contribution in [0.3, 0.4) is 0 Å². The lowest BCUT2D eigenvalue weighted by atomic mass is 9.99. The van der Waals surface area contributed by atoms with Gasteiger partial charge in [-0.3, -0.25) is 9.59 Å². The molecule has 0 saturated carbocycles. The third-order valence-electron chi connectivity index (χ3n) is 5.22. The van der Waals surface area contributed by atoms with Gasteiger partial charge < -0.3 is 44.7 Å². The smallest absolute Gasteiger partial charge is 0.333 e. The highest BCUT2D eigenvalue weighted by Gasteiger charge is 2.43. The molecule has 1 saturated heterocycles. The Hall–Kier alpha value is -3.95. The van der Waals surface area contributed by atoms with Crippen molar-refractivity contribution in [2.75, 3.05) is 26.4 Å². The van der Waals surface area contributed by atoms with E-state index in [2.05, 4.69) is 52.4 Å². The number of hydrogen-bond acceptors (Lipinski definition) is 13. The van der Waals surface area contributed by atoms with Gasteiger partial charge in [-0.15, -0.1) is 0 Å². The first-order valence-corrected chi connectivity index (χ1v) is 13.3. The van der Waals surface area contributed by atoms with E-state index >= 15 is 0 Å². The summed E-state index contributed by atoms with van der Waals surface area (Å²) in [5.41, 5.74) is 1.68. The van der Waals surface area contributed by atoms with E-state index in [9.17, 15) is 34.2 Å². The molecule has 1 aliphatic rings. The number of rotatable bonds is 14. The van der Waals surface area contributed by atoms with E-state index in [0.717, 1.165) is 6.08 Å². The fraction of sp³-hybridized carbons (Fsp3) is 0.500. The van der Waals surface area contributed by atoms with Crippen LogP contribution in [0.1, 0.15) is 40.5 Å². The van der Waals surface area contributed by atoms with Crippen LogP contribution in [0.4, 0.5) is 0 Å². The van der Waals surface area contributed by atoms with Crippen molar-refractivity contribution in [3.05, 3.63) is 61.3 Å². The molecule has 1 heterocycles. The normalized spacial score (nSPS) is 20.0. The standard InChI is InChI=1S/C11H17NO2.C10H14O4.C9H14O7/c1-8(2)10(13)6-5-7-12-11(14)9(3)4;1-7(2)9(11)13-5-6-14-10(12)8(3)4;1-2-5(10)15-3-4-6(11)7(12)8(13)9(14)16-4/h1,3,5-7H2,2,4H3,(H,12,14);1,3,5-6H2,2,4H3;2,4,6-9,11-14H,1,3H2/t;;4?,6-,7+,8?,9+/m..1/s1. The highest BCUT2D eigenvalue weighted by Crippen LogP contribution is 2.20. The predicted molar refractivity (Wildman–Crippen MR) is 158 cm³/mol. The number of esters is 3. The highest BCUT2D eigenvalue weighted by atomic mass is 16.7. The van der Waals surface area contributed by atoms with Gasteiger partial charge >= 0.3 is 17.9 Å². The van der Waals surface area contributed by atoms with Crippen molar-refractivity contribution in [3.63, 3.8) is 0 Å². The largest absolute Gasteiger partial charge is 0.460 e. The number of allylic oxidation sites excluding steroid dienone is 1. The van der Waals surface area contributed by atoms with Gasteiger partial charge in [0, 0.05) is 35.8 Å². The topological polar surface area (TPSA) is 215 Å². The van der Waals surface area contributed by atoms with Crippen molar-refractivity contribution >= 4 is 29.6 Å². The van der Waals surface area contributed by atoms with Crippen LogP contribution in [0.2, 0.25) is 0 Å². The maximum absolute atomic E-state index is 11.1. The maximum atomic E-state index is 11.1. The maximum Gasteiger partial charge on any atom is 0.333 e. The number of carbonyl (C=O) groups is 5. The van der Waals surface area contributed by atoms with E-state index in [0.29, 0.717) is 41.7 Å². The molecule has 0 aromatic rings. The van der Waals surface area contributed by atoms with Crippen LogP contribution in [0.15, 0.2) is 61.3 Å². The molecule has 0 aromatic heterocycles. The second-order valence-electron chi connectivity index (χ2n) is 9.55. The molecular weight excluding hydrogens is 582 g/mol. The van der Waals surface area contributed by atoms with Gasteiger partial charge in [-0.05, 0) is 39.7 Å². The number of ketones is 1. The number of hydrogen-bond donors (Lipinski definition) is 5. The zero-order valence-electron chi connectivity index (χ0n) is 25.7. The van der Waals surface area contributed by atoms with Crippen LogP contribution < -0.4 is 5.32 Å². The molecule has 1 rings (SSSR count). The summed E-state index contributed by atoms with van der Waals surface area (Å²) in [7, 11) is 0. The van der Waals surface area contributed by atoms with Crippen LogP contribution in [0.5, 0.6) is 0 Å². The SMILES string of the molecule is C=C(C)C(=O)CCCNC(=O)C(=C)C.C=C(C)C(=O)OCCOC(=O)C(=C)C.C=CC(=O)OCC1O[C@H](O)C(O)[C@@H](O)[C@@H]1O. The molecule has 1 amide bonds. The third-order valence-corrected chi connectivity index (χ3v) is 5.22. The van der Waals surface area contributed by atoms with Gasteiger partial charge in [0.2, 0.25) is 5.91 Å². The van der Waals surface area contributed by atoms with Crippen LogP contribution >= 0.6 is 0 Å². The van der Waals surface area contributed by atoms with Crippen molar-refractivity contribution < 1.29 is 63.3 Å². The fourth-order valence-corrected chi connectivity index (χ4v) is 2.62. The predicted octanol–water partition coefficient (Wildman–Crippen LogP) is 0.345. The minimum Gasteiger partial charge on any atom is -0.460 e. The highest BCUT2D eigenvalue weighted by molar-refractivity contribution is 5.94. The van der Waals surface area contributed by atoms with Gasteiger partial charge in [0.25, 0.3) is 0 Å². The molecule has 14 nitrogen and oxygen atoms in total. The Balaban J connectivity index is 0.